The van der Waals surface area contributed by atoms with Crippen LogP contribution in [0.15, 0.2) is 42.7 Å². The van der Waals surface area contributed by atoms with Crippen molar-refractivity contribution in [2.24, 2.45) is 0 Å². The van der Waals surface area contributed by atoms with Crippen molar-refractivity contribution in [3.8, 4) is 0 Å². The molecule has 1 amide bonds. The molecule has 3 rings (SSSR count). The molecule has 26 heavy (non-hydrogen) atoms. The number of hydrogen-bond donors (Lipinski definition) is 1. The number of esters is 1. The Bertz CT molecular complexity index is 790. The molecule has 0 radical (unpaired) electrons. The number of anilines is 1. The highest BCUT2D eigenvalue weighted by molar-refractivity contribution is 5.91. The monoisotopic (exact) mass is 353 g/mol. The molecule has 1 heterocycles. The zero-order chi connectivity index (χ0) is 18.5. The highest BCUT2D eigenvalue weighted by Crippen LogP contribution is 2.22. The molecule has 136 valence electrons. The van der Waals surface area contributed by atoms with Gasteiger partial charge in [-0.05, 0) is 56.7 Å². The summed E-state index contributed by atoms with van der Waals surface area (Å²) in [5, 5.41) is 2.96. The number of carbonyl (C=O) groups excluding carboxylic acids is 2. The van der Waals surface area contributed by atoms with Crippen LogP contribution in [0, 0.1) is 13.8 Å². The maximum Gasteiger partial charge on any atom is 0.344 e. The summed E-state index contributed by atoms with van der Waals surface area (Å²) in [6, 6.07) is 9.38. The number of para-hydroxylation sites is 1. The van der Waals surface area contributed by atoms with Crippen molar-refractivity contribution < 1.29 is 18.9 Å². The smallest absolute Gasteiger partial charge is 0.344 e. The SMILES string of the molecule is Cc1cccc(C)c1NC(=O)C[n+]1cccc(C(=O)OC2CCCC2)c1. The second-order valence-corrected chi connectivity index (χ2v) is 6.89. The minimum atomic E-state index is -0.318. The van der Waals surface area contributed by atoms with Crippen molar-refractivity contribution in [2.45, 2.75) is 52.2 Å². The third-order valence-electron chi connectivity index (χ3n) is 4.74. The molecule has 1 aromatic heterocycles. The number of amides is 1. The van der Waals surface area contributed by atoms with Gasteiger partial charge >= 0.3 is 5.97 Å². The van der Waals surface area contributed by atoms with Crippen LogP contribution in [0.25, 0.3) is 0 Å². The highest BCUT2D eigenvalue weighted by atomic mass is 16.5. The molecule has 2 aromatic rings. The van der Waals surface area contributed by atoms with Gasteiger partial charge in [-0.25, -0.2) is 4.79 Å². The number of nitrogens with zero attached hydrogens (tertiary/aromatic N) is 1. The van der Waals surface area contributed by atoms with E-state index in [-0.39, 0.29) is 24.5 Å². The molecule has 1 saturated carbocycles. The average molecular weight is 353 g/mol. The molecule has 1 aliphatic carbocycles. The first kappa shape index (κ1) is 18.1. The zero-order valence-electron chi connectivity index (χ0n) is 15.3. The van der Waals surface area contributed by atoms with Gasteiger partial charge in [0, 0.05) is 11.8 Å². The summed E-state index contributed by atoms with van der Waals surface area (Å²) in [5.41, 5.74) is 3.36. The van der Waals surface area contributed by atoms with E-state index in [9.17, 15) is 9.59 Å². The molecule has 0 aliphatic heterocycles. The van der Waals surface area contributed by atoms with E-state index in [1.807, 2.05) is 32.0 Å². The molecule has 0 atom stereocenters. The molecule has 1 N–H and O–H groups in total. The number of aryl methyl sites for hydroxylation is 2. The summed E-state index contributed by atoms with van der Waals surface area (Å²) in [6.45, 7) is 4.07. The summed E-state index contributed by atoms with van der Waals surface area (Å²) in [6.07, 6.45) is 7.59. The van der Waals surface area contributed by atoms with E-state index in [2.05, 4.69) is 5.32 Å². The Morgan fingerprint density at radius 2 is 1.81 bits per heavy atom. The first-order valence-corrected chi connectivity index (χ1v) is 9.09. The summed E-state index contributed by atoms with van der Waals surface area (Å²) in [5.74, 6) is -0.449. The van der Waals surface area contributed by atoms with Crippen LogP contribution in [0.3, 0.4) is 0 Å². The maximum absolute atomic E-state index is 12.4. The van der Waals surface area contributed by atoms with E-state index < -0.39 is 0 Å². The van der Waals surface area contributed by atoms with Gasteiger partial charge < -0.3 is 10.1 Å². The molecule has 1 aromatic carbocycles. The first-order chi connectivity index (χ1) is 12.5. The van der Waals surface area contributed by atoms with Gasteiger partial charge in [-0.2, -0.15) is 4.57 Å². The standard InChI is InChI=1S/C21H24N2O3/c1-15-7-5-8-16(2)20(15)22-19(24)14-23-12-6-9-17(13-23)21(25)26-18-10-3-4-11-18/h5-9,12-13,18H,3-4,10-11,14H2,1-2H3/p+1. The van der Waals surface area contributed by atoms with Gasteiger partial charge in [-0.3, -0.25) is 4.79 Å². The van der Waals surface area contributed by atoms with Crippen LogP contribution in [-0.2, 0) is 16.1 Å². The molecule has 1 aliphatic rings. The topological polar surface area (TPSA) is 59.3 Å². The van der Waals surface area contributed by atoms with Crippen LogP contribution in [0.4, 0.5) is 5.69 Å². The normalized spacial score (nSPS) is 14.2. The van der Waals surface area contributed by atoms with Gasteiger partial charge in [0.2, 0.25) is 6.54 Å². The van der Waals surface area contributed by atoms with Crippen molar-refractivity contribution in [3.63, 3.8) is 0 Å². The number of ether oxygens (including phenoxy) is 1. The van der Waals surface area contributed by atoms with Crippen molar-refractivity contribution >= 4 is 17.6 Å². The fraction of sp³-hybridized carbons (Fsp3) is 0.381. The molecule has 0 bridgehead atoms. The first-order valence-electron chi connectivity index (χ1n) is 9.09. The van der Waals surface area contributed by atoms with E-state index in [1.165, 1.54) is 0 Å². The second kappa shape index (κ2) is 8.13. The van der Waals surface area contributed by atoms with Gasteiger partial charge in [0.1, 0.15) is 11.7 Å². The molecular weight excluding hydrogens is 328 g/mol. The Morgan fingerprint density at radius 1 is 1.12 bits per heavy atom. The molecule has 5 nitrogen and oxygen atoms in total. The summed E-state index contributed by atoms with van der Waals surface area (Å²) < 4.78 is 7.23. The van der Waals surface area contributed by atoms with Crippen LogP contribution < -0.4 is 9.88 Å². The van der Waals surface area contributed by atoms with Crippen LogP contribution in [0.2, 0.25) is 0 Å². The molecule has 5 heteroatoms. The lowest BCUT2D eigenvalue weighted by atomic mass is 10.1. The lowest BCUT2D eigenvalue weighted by Crippen LogP contribution is -2.40. The maximum atomic E-state index is 12.4. The third-order valence-corrected chi connectivity index (χ3v) is 4.74. The number of carbonyl (C=O) groups is 2. The van der Waals surface area contributed by atoms with Gasteiger partial charge in [0.25, 0.3) is 5.91 Å². The van der Waals surface area contributed by atoms with E-state index in [4.69, 9.17) is 4.74 Å². The predicted molar refractivity (Wildman–Crippen MR) is 98.9 cm³/mol. The number of nitrogens with one attached hydrogen (secondary N) is 1. The van der Waals surface area contributed by atoms with E-state index >= 15 is 0 Å². The third kappa shape index (κ3) is 4.48. The van der Waals surface area contributed by atoms with Crippen molar-refractivity contribution in [1.82, 2.24) is 0 Å². The number of pyridine rings is 1. The fourth-order valence-corrected chi connectivity index (χ4v) is 3.32. The van der Waals surface area contributed by atoms with Crippen molar-refractivity contribution in [1.29, 1.82) is 0 Å². The largest absolute Gasteiger partial charge is 0.459 e. The number of aromatic nitrogens is 1. The molecule has 1 fully saturated rings. The van der Waals surface area contributed by atoms with E-state index in [0.29, 0.717) is 5.56 Å². The van der Waals surface area contributed by atoms with Crippen LogP contribution in [-0.4, -0.2) is 18.0 Å². The number of benzene rings is 1. The minimum absolute atomic E-state index is 0.0310. The van der Waals surface area contributed by atoms with E-state index in [1.54, 1.807) is 29.1 Å². The quantitative estimate of drug-likeness (QED) is 0.663. The molecular formula is C21H25N2O3+. The average Bonchev–Trinajstić information content (AvgIpc) is 3.11. The molecule has 0 saturated heterocycles. The Hall–Kier alpha value is -2.69. The lowest BCUT2D eigenvalue weighted by molar-refractivity contribution is -0.684. The van der Waals surface area contributed by atoms with Crippen LogP contribution in [0.5, 0.6) is 0 Å². The lowest BCUT2D eigenvalue weighted by Gasteiger charge is -2.11. The molecule has 0 unspecified atom stereocenters. The summed E-state index contributed by atoms with van der Waals surface area (Å²) >= 11 is 0. The second-order valence-electron chi connectivity index (χ2n) is 6.89. The Labute approximate surface area is 154 Å². The minimum Gasteiger partial charge on any atom is -0.459 e. The van der Waals surface area contributed by atoms with Gasteiger partial charge in [-0.1, -0.05) is 18.2 Å². The Balaban J connectivity index is 1.64. The summed E-state index contributed by atoms with van der Waals surface area (Å²) in [4.78, 5) is 24.7. The van der Waals surface area contributed by atoms with Gasteiger partial charge in [-0.15, -0.1) is 0 Å². The van der Waals surface area contributed by atoms with Gasteiger partial charge in [0.15, 0.2) is 12.4 Å². The zero-order valence-corrected chi connectivity index (χ0v) is 15.3. The van der Waals surface area contributed by atoms with Crippen LogP contribution in [0.1, 0.15) is 47.2 Å². The Kier molecular flexibility index (Phi) is 5.66. The van der Waals surface area contributed by atoms with Crippen LogP contribution >= 0.6 is 0 Å². The fourth-order valence-electron chi connectivity index (χ4n) is 3.32. The number of rotatable bonds is 5. The molecule has 0 spiro atoms. The van der Waals surface area contributed by atoms with Crippen molar-refractivity contribution in [3.05, 3.63) is 59.4 Å². The highest BCUT2D eigenvalue weighted by Gasteiger charge is 2.22. The van der Waals surface area contributed by atoms with E-state index in [0.717, 1.165) is 42.5 Å². The predicted octanol–water partition coefficient (Wildman–Crippen LogP) is 3.33. The van der Waals surface area contributed by atoms with Gasteiger partial charge in [0.05, 0.1) is 0 Å². The summed E-state index contributed by atoms with van der Waals surface area (Å²) in [7, 11) is 0. The number of hydrogen-bond acceptors (Lipinski definition) is 3. The van der Waals surface area contributed by atoms with Crippen molar-refractivity contribution in [2.75, 3.05) is 5.32 Å². The Morgan fingerprint density at radius 3 is 2.50 bits per heavy atom.